The minimum absolute atomic E-state index is 0.167. The summed E-state index contributed by atoms with van der Waals surface area (Å²) < 4.78 is 0. The topological polar surface area (TPSA) is 112 Å². The van der Waals surface area contributed by atoms with Crippen LogP contribution < -0.4 is 5.32 Å². The van der Waals surface area contributed by atoms with Gasteiger partial charge in [0.1, 0.15) is 23.6 Å². The lowest BCUT2D eigenvalue weighted by molar-refractivity contribution is -0.385. The van der Waals surface area contributed by atoms with Crippen molar-refractivity contribution < 1.29 is 10.0 Å². The van der Waals surface area contributed by atoms with Crippen LogP contribution >= 0.6 is 0 Å². The Bertz CT molecular complexity index is 556. The van der Waals surface area contributed by atoms with E-state index in [4.69, 9.17) is 5.26 Å². The van der Waals surface area contributed by atoms with Crippen LogP contribution in [0.2, 0.25) is 0 Å². The number of aliphatic hydroxyl groups excluding tert-OH is 1. The van der Waals surface area contributed by atoms with Gasteiger partial charge in [0.05, 0.1) is 4.92 Å². The van der Waals surface area contributed by atoms with Gasteiger partial charge in [-0.1, -0.05) is 12.8 Å². The first-order valence-corrected chi connectivity index (χ1v) is 7.05. The zero-order chi connectivity index (χ0) is 15.2. The van der Waals surface area contributed by atoms with E-state index in [1.54, 1.807) is 0 Å². The number of nitrogens with one attached hydrogen (secondary N) is 1. The van der Waals surface area contributed by atoms with Crippen LogP contribution in [-0.4, -0.2) is 28.2 Å². The van der Waals surface area contributed by atoms with Crippen molar-refractivity contribution >= 4 is 11.5 Å². The van der Waals surface area contributed by atoms with Crippen LogP contribution in [0.4, 0.5) is 11.5 Å². The number of pyridine rings is 1. The van der Waals surface area contributed by atoms with Gasteiger partial charge in [-0.15, -0.1) is 0 Å². The summed E-state index contributed by atoms with van der Waals surface area (Å²) in [4.78, 5) is 14.1. The van der Waals surface area contributed by atoms with Crippen LogP contribution in [0.25, 0.3) is 0 Å². The molecule has 0 amide bonds. The third kappa shape index (κ3) is 3.67. The van der Waals surface area contributed by atoms with Crippen molar-refractivity contribution in [3.05, 3.63) is 27.9 Å². The average Bonchev–Trinajstić information content (AvgIpc) is 2.52. The first-order valence-electron chi connectivity index (χ1n) is 7.05. The fourth-order valence-electron chi connectivity index (χ4n) is 2.80. The summed E-state index contributed by atoms with van der Waals surface area (Å²) >= 11 is 0. The van der Waals surface area contributed by atoms with E-state index in [2.05, 4.69) is 10.3 Å². The van der Waals surface area contributed by atoms with Crippen molar-refractivity contribution in [1.82, 2.24) is 4.98 Å². The van der Waals surface area contributed by atoms with Crippen LogP contribution in [0.1, 0.15) is 31.2 Å². The largest absolute Gasteiger partial charge is 0.396 e. The Kier molecular flexibility index (Phi) is 5.06. The maximum atomic E-state index is 10.7. The number of nitriles is 1. The Morgan fingerprint density at radius 2 is 2.19 bits per heavy atom. The van der Waals surface area contributed by atoms with Crippen molar-refractivity contribution in [2.75, 3.05) is 18.5 Å². The van der Waals surface area contributed by atoms with Gasteiger partial charge >= 0.3 is 0 Å². The standard InChI is InChI=1S/C14H18N4O3/c15-6-12-5-13(18(20)21)8-17-14(12)16-7-10-3-1-2-4-11(10)9-19/h5,8,10-11,19H,1-4,7,9H2,(H,16,17). The van der Waals surface area contributed by atoms with E-state index in [9.17, 15) is 15.2 Å². The van der Waals surface area contributed by atoms with Gasteiger partial charge in [-0.05, 0) is 24.7 Å². The SMILES string of the molecule is N#Cc1cc([N+](=O)[O-])cnc1NCC1CCCCC1CO. The van der Waals surface area contributed by atoms with Gasteiger partial charge in [0.15, 0.2) is 0 Å². The fraction of sp³-hybridized carbons (Fsp3) is 0.571. The molecule has 21 heavy (non-hydrogen) atoms. The van der Waals surface area contributed by atoms with Crippen molar-refractivity contribution in [1.29, 1.82) is 5.26 Å². The lowest BCUT2D eigenvalue weighted by atomic mass is 9.79. The van der Waals surface area contributed by atoms with E-state index < -0.39 is 4.92 Å². The van der Waals surface area contributed by atoms with Gasteiger partial charge in [0.2, 0.25) is 0 Å². The Labute approximate surface area is 122 Å². The number of nitrogens with zero attached hydrogens (tertiary/aromatic N) is 3. The summed E-state index contributed by atoms with van der Waals surface area (Å²) in [5.41, 5.74) is -0.0245. The van der Waals surface area contributed by atoms with Crippen LogP contribution in [0.15, 0.2) is 12.3 Å². The Morgan fingerprint density at radius 1 is 1.48 bits per heavy atom. The van der Waals surface area contributed by atoms with Gasteiger partial charge in [-0.2, -0.15) is 5.26 Å². The second-order valence-corrected chi connectivity index (χ2v) is 5.33. The van der Waals surface area contributed by atoms with E-state index in [-0.39, 0.29) is 23.8 Å². The molecule has 1 saturated carbocycles. The molecule has 0 aromatic carbocycles. The van der Waals surface area contributed by atoms with Gasteiger partial charge in [0, 0.05) is 19.2 Å². The molecule has 1 fully saturated rings. The number of rotatable bonds is 5. The number of anilines is 1. The molecule has 0 aliphatic heterocycles. The quantitative estimate of drug-likeness (QED) is 0.634. The summed E-state index contributed by atoms with van der Waals surface area (Å²) in [5.74, 6) is 0.979. The fourth-order valence-corrected chi connectivity index (χ4v) is 2.80. The molecule has 1 aliphatic carbocycles. The molecule has 112 valence electrons. The minimum atomic E-state index is -0.569. The molecule has 7 nitrogen and oxygen atoms in total. The number of aliphatic hydroxyl groups is 1. The third-order valence-electron chi connectivity index (χ3n) is 4.04. The van der Waals surface area contributed by atoms with Gasteiger partial charge < -0.3 is 10.4 Å². The van der Waals surface area contributed by atoms with E-state index >= 15 is 0 Å². The number of hydrogen-bond donors (Lipinski definition) is 2. The van der Waals surface area contributed by atoms with E-state index in [0.29, 0.717) is 18.3 Å². The normalized spacial score (nSPS) is 21.5. The molecule has 2 N–H and O–H groups in total. The summed E-state index contributed by atoms with van der Waals surface area (Å²) in [6.45, 7) is 0.788. The van der Waals surface area contributed by atoms with Crippen molar-refractivity contribution in [2.24, 2.45) is 11.8 Å². The average molecular weight is 290 g/mol. The zero-order valence-electron chi connectivity index (χ0n) is 11.7. The molecule has 1 heterocycles. The summed E-state index contributed by atoms with van der Waals surface area (Å²) in [6.07, 6.45) is 5.48. The molecule has 1 aromatic rings. The highest BCUT2D eigenvalue weighted by Gasteiger charge is 2.24. The second-order valence-electron chi connectivity index (χ2n) is 5.33. The van der Waals surface area contributed by atoms with Gasteiger partial charge in [-0.3, -0.25) is 10.1 Å². The third-order valence-corrected chi connectivity index (χ3v) is 4.04. The van der Waals surface area contributed by atoms with E-state index in [1.807, 2.05) is 6.07 Å². The smallest absolute Gasteiger partial charge is 0.289 e. The summed E-state index contributed by atoms with van der Waals surface area (Å²) in [6, 6.07) is 3.15. The molecule has 0 bridgehead atoms. The molecule has 2 rings (SSSR count). The monoisotopic (exact) mass is 290 g/mol. The Hall–Kier alpha value is -2.20. The second kappa shape index (κ2) is 6.99. The highest BCUT2D eigenvalue weighted by molar-refractivity contribution is 5.55. The maximum Gasteiger partial charge on any atom is 0.289 e. The van der Waals surface area contributed by atoms with Crippen LogP contribution in [0.3, 0.4) is 0 Å². The Balaban J connectivity index is 2.06. The molecular formula is C14H18N4O3. The van der Waals surface area contributed by atoms with E-state index in [1.165, 1.54) is 6.07 Å². The first kappa shape index (κ1) is 15.2. The molecular weight excluding hydrogens is 272 g/mol. The number of aromatic nitrogens is 1. The number of hydrogen-bond acceptors (Lipinski definition) is 6. The van der Waals surface area contributed by atoms with Crippen molar-refractivity contribution in [3.8, 4) is 6.07 Å². The predicted molar refractivity (Wildman–Crippen MR) is 76.6 cm³/mol. The molecule has 0 radical (unpaired) electrons. The minimum Gasteiger partial charge on any atom is -0.396 e. The molecule has 0 saturated heterocycles. The maximum absolute atomic E-state index is 10.7. The van der Waals surface area contributed by atoms with Crippen molar-refractivity contribution in [3.63, 3.8) is 0 Å². The highest BCUT2D eigenvalue weighted by Crippen LogP contribution is 2.30. The lowest BCUT2D eigenvalue weighted by Crippen LogP contribution is -2.29. The summed E-state index contributed by atoms with van der Waals surface area (Å²) in [5, 5.41) is 32.2. The first-order chi connectivity index (χ1) is 10.2. The predicted octanol–water partition coefficient (Wildman–Crippen LogP) is 2.07. The molecule has 2 unspecified atom stereocenters. The van der Waals surface area contributed by atoms with Crippen LogP contribution in [0, 0.1) is 33.3 Å². The number of nitro groups is 1. The molecule has 2 atom stereocenters. The van der Waals surface area contributed by atoms with Crippen LogP contribution in [0.5, 0.6) is 0 Å². The van der Waals surface area contributed by atoms with Gasteiger partial charge in [-0.25, -0.2) is 4.98 Å². The molecule has 7 heteroatoms. The van der Waals surface area contributed by atoms with Crippen LogP contribution in [-0.2, 0) is 0 Å². The van der Waals surface area contributed by atoms with Gasteiger partial charge in [0.25, 0.3) is 5.69 Å². The van der Waals surface area contributed by atoms with E-state index in [0.717, 1.165) is 31.9 Å². The highest BCUT2D eigenvalue weighted by atomic mass is 16.6. The lowest BCUT2D eigenvalue weighted by Gasteiger charge is -2.30. The zero-order valence-corrected chi connectivity index (χ0v) is 11.7. The van der Waals surface area contributed by atoms with Crippen molar-refractivity contribution in [2.45, 2.75) is 25.7 Å². The molecule has 1 aromatic heterocycles. The summed E-state index contributed by atoms with van der Waals surface area (Å²) in [7, 11) is 0. The Morgan fingerprint density at radius 3 is 2.81 bits per heavy atom. The molecule has 1 aliphatic rings. The molecule has 0 spiro atoms.